The Kier molecular flexibility index (Phi) is 2.71. The third kappa shape index (κ3) is 1.50. The topological polar surface area (TPSA) is 0 Å². The average Bonchev–Trinajstić information content (AvgIpc) is 2.45. The summed E-state index contributed by atoms with van der Waals surface area (Å²) in [6.07, 6.45) is 1.45. The molecular weight excluding hydrogens is 336 g/mol. The van der Waals surface area contributed by atoms with Crippen molar-refractivity contribution in [3.63, 3.8) is 0 Å². The summed E-state index contributed by atoms with van der Waals surface area (Å²) >= 11 is 9.03. The summed E-state index contributed by atoms with van der Waals surface area (Å²) in [6.45, 7) is 7.22. The molecule has 4 rings (SSSR count). The van der Waals surface area contributed by atoms with Crippen LogP contribution in [0, 0.1) is 23.7 Å². The second-order valence-electron chi connectivity index (χ2n) is 6.33. The molecule has 4 aliphatic rings. The molecule has 4 saturated carbocycles. The van der Waals surface area contributed by atoms with Crippen molar-refractivity contribution < 1.29 is 0 Å². The van der Waals surface area contributed by atoms with E-state index >= 15 is 0 Å². The van der Waals surface area contributed by atoms with Gasteiger partial charge in [-0.25, -0.2) is 0 Å². The first-order valence-corrected chi connectivity index (χ1v) is 8.99. The predicted octanol–water partition coefficient (Wildman–Crippen LogP) is 4.11. The first-order chi connectivity index (χ1) is 6.96. The second kappa shape index (κ2) is 3.51. The molecule has 15 heavy (non-hydrogen) atoms. The van der Waals surface area contributed by atoms with Gasteiger partial charge in [0.15, 0.2) is 0 Å². The summed E-state index contributed by atoms with van der Waals surface area (Å²) in [5.74, 6) is 3.84. The maximum Gasteiger partial charge on any atom is 0.234 e. The molecule has 4 fully saturated rings. The summed E-state index contributed by atoms with van der Waals surface area (Å²) in [5, 5.41) is 1.01. The molecule has 0 nitrogen and oxygen atoms in total. The van der Waals surface area contributed by atoms with Gasteiger partial charge in [0.1, 0.15) is 0 Å². The van der Waals surface area contributed by atoms with Gasteiger partial charge in [0, 0.05) is 5.38 Å². The largest absolute Gasteiger partial charge is 0.234 e. The standard InChI is InChI=1S/C11H17BClIP/c1-11(2,3)15(12-14)10-6-4-5-7(8(5)10)9(6)13/h5-10H,4H2,1-3H3. The lowest BCUT2D eigenvalue weighted by Gasteiger charge is -2.37. The fraction of sp³-hybridized carbons (Fsp3) is 1.00. The van der Waals surface area contributed by atoms with Crippen LogP contribution in [0.1, 0.15) is 27.2 Å². The molecule has 0 heterocycles. The van der Waals surface area contributed by atoms with Gasteiger partial charge in [-0.15, -0.1) is 19.4 Å². The first-order valence-electron chi connectivity index (χ1n) is 5.83. The third-order valence-electron chi connectivity index (χ3n) is 4.65. The smallest absolute Gasteiger partial charge is 0.151 e. The summed E-state index contributed by atoms with van der Waals surface area (Å²) < 4.78 is 0. The second-order valence-corrected chi connectivity index (χ2v) is 11.5. The highest BCUT2D eigenvalue weighted by Crippen LogP contribution is 2.80. The third-order valence-corrected chi connectivity index (χ3v) is 10.2. The summed E-state index contributed by atoms with van der Waals surface area (Å²) in [4.78, 5) is 2.48. The van der Waals surface area contributed by atoms with Gasteiger partial charge in [-0.05, 0) is 40.9 Å². The van der Waals surface area contributed by atoms with Gasteiger partial charge in [0.2, 0.25) is 4.86 Å². The number of alkyl halides is 1. The van der Waals surface area contributed by atoms with Crippen molar-refractivity contribution >= 4 is 46.6 Å². The van der Waals surface area contributed by atoms with Gasteiger partial charge in [0.05, 0.1) is 0 Å². The van der Waals surface area contributed by atoms with Crippen molar-refractivity contribution in [2.45, 2.75) is 43.4 Å². The van der Waals surface area contributed by atoms with Gasteiger partial charge >= 0.3 is 0 Å². The Morgan fingerprint density at radius 3 is 2.20 bits per heavy atom. The van der Waals surface area contributed by atoms with Crippen LogP contribution in [0.5, 0.6) is 0 Å². The molecule has 0 spiro atoms. The van der Waals surface area contributed by atoms with Gasteiger partial charge < -0.3 is 0 Å². The zero-order chi connectivity index (χ0) is 11.0. The summed E-state index contributed by atoms with van der Waals surface area (Å²) in [5.41, 5.74) is 0.967. The molecule has 1 radical (unpaired) electrons. The lowest BCUT2D eigenvalue weighted by molar-refractivity contribution is 0.609. The van der Waals surface area contributed by atoms with Crippen LogP contribution in [0.4, 0.5) is 0 Å². The number of hydrogen-bond acceptors (Lipinski definition) is 0. The van der Waals surface area contributed by atoms with Crippen LogP contribution in [-0.2, 0) is 0 Å². The summed E-state index contributed by atoms with van der Waals surface area (Å²) in [7, 11) is 0.0546. The molecule has 0 amide bonds. The van der Waals surface area contributed by atoms with E-state index in [1.54, 1.807) is 0 Å². The lowest BCUT2D eigenvalue weighted by atomic mass is 10.1. The van der Waals surface area contributed by atoms with Crippen molar-refractivity contribution in [2.75, 3.05) is 0 Å². The maximum atomic E-state index is 6.54. The molecule has 83 valence electrons. The molecule has 0 aromatic carbocycles. The summed E-state index contributed by atoms with van der Waals surface area (Å²) in [6, 6.07) is 0. The fourth-order valence-electron chi connectivity index (χ4n) is 4.07. The van der Waals surface area contributed by atoms with E-state index in [2.05, 4.69) is 48.0 Å². The van der Waals surface area contributed by atoms with Crippen molar-refractivity contribution in [1.82, 2.24) is 0 Å². The van der Waals surface area contributed by atoms with Crippen molar-refractivity contribution in [2.24, 2.45) is 23.7 Å². The average molecular weight is 353 g/mol. The SMILES string of the molecule is CC(C)(C)P([B]I)C1C2CC3C(C2Cl)C31. The van der Waals surface area contributed by atoms with Crippen molar-refractivity contribution in [1.29, 1.82) is 0 Å². The molecule has 4 bridgehead atoms. The van der Waals surface area contributed by atoms with E-state index in [4.69, 9.17) is 11.6 Å². The Labute approximate surface area is 113 Å². The Morgan fingerprint density at radius 2 is 1.93 bits per heavy atom. The monoisotopic (exact) mass is 353 g/mol. The van der Waals surface area contributed by atoms with Crippen LogP contribution in [-0.4, -0.2) is 21.0 Å². The number of rotatable bonds is 2. The van der Waals surface area contributed by atoms with Crippen LogP contribution in [0.25, 0.3) is 0 Å². The highest BCUT2D eigenvalue weighted by Gasteiger charge is 2.74. The van der Waals surface area contributed by atoms with Crippen molar-refractivity contribution in [3.8, 4) is 0 Å². The van der Waals surface area contributed by atoms with Gasteiger partial charge in [-0.3, -0.25) is 0 Å². The number of halogens is 2. The van der Waals surface area contributed by atoms with Gasteiger partial charge in [-0.2, -0.15) is 22.4 Å². The molecule has 4 aliphatic carbocycles. The Balaban J connectivity index is 1.84. The molecule has 4 heteroatoms. The Hall–Kier alpha value is 1.51. The fourth-order valence-corrected chi connectivity index (χ4v) is 11.2. The quantitative estimate of drug-likeness (QED) is 0.303. The molecule has 0 saturated heterocycles. The molecule has 0 aromatic rings. The number of hydrogen-bond donors (Lipinski definition) is 0. The highest BCUT2D eigenvalue weighted by molar-refractivity contribution is 14.1. The molecule has 7 atom stereocenters. The van der Waals surface area contributed by atoms with Crippen LogP contribution in [0.2, 0.25) is 0 Å². The highest BCUT2D eigenvalue weighted by atomic mass is 127. The first kappa shape index (κ1) is 11.6. The molecule has 0 aliphatic heterocycles. The van der Waals surface area contributed by atoms with E-state index in [0.29, 0.717) is 10.5 Å². The molecule has 0 N–H and O–H groups in total. The van der Waals surface area contributed by atoms with Gasteiger partial charge in [-0.1, -0.05) is 20.8 Å². The van der Waals surface area contributed by atoms with E-state index in [1.165, 1.54) is 6.42 Å². The van der Waals surface area contributed by atoms with E-state index in [-0.39, 0.29) is 7.80 Å². The van der Waals surface area contributed by atoms with E-state index in [9.17, 15) is 0 Å². The predicted molar refractivity (Wildman–Crippen MR) is 78.5 cm³/mol. The van der Waals surface area contributed by atoms with Gasteiger partial charge in [0.25, 0.3) is 0 Å². The van der Waals surface area contributed by atoms with Crippen molar-refractivity contribution in [3.05, 3.63) is 0 Å². The normalized spacial score (nSPS) is 53.1. The van der Waals surface area contributed by atoms with Crippen LogP contribution in [0.15, 0.2) is 0 Å². The molecule has 0 aromatic heterocycles. The van der Waals surface area contributed by atoms with Crippen LogP contribution >= 0.6 is 41.8 Å². The lowest BCUT2D eigenvalue weighted by Crippen LogP contribution is -2.26. The minimum atomic E-state index is 0.0546. The van der Waals surface area contributed by atoms with Crippen LogP contribution in [0.3, 0.4) is 0 Å². The molecule has 7 unspecified atom stereocenters. The minimum Gasteiger partial charge on any atom is -0.151 e. The van der Waals surface area contributed by atoms with Crippen LogP contribution < -0.4 is 0 Å². The zero-order valence-electron chi connectivity index (χ0n) is 9.45. The molecular formula is C11H17BClIP. The van der Waals surface area contributed by atoms with E-state index in [0.717, 1.165) is 29.3 Å². The van der Waals surface area contributed by atoms with E-state index in [1.807, 2.05) is 0 Å². The van der Waals surface area contributed by atoms with E-state index < -0.39 is 0 Å². The Bertz CT molecular complexity index is 293. The minimum absolute atomic E-state index is 0.0546. The Morgan fingerprint density at radius 1 is 1.27 bits per heavy atom. The zero-order valence-corrected chi connectivity index (χ0v) is 13.3. The maximum absolute atomic E-state index is 6.54.